The lowest BCUT2D eigenvalue weighted by Crippen LogP contribution is -2.32. The number of rotatable bonds is 4. The van der Waals surface area contributed by atoms with E-state index in [1.807, 2.05) is 16.8 Å². The van der Waals surface area contributed by atoms with E-state index in [0.29, 0.717) is 30.7 Å². The Morgan fingerprint density at radius 3 is 2.59 bits per heavy atom. The zero-order valence-electron chi connectivity index (χ0n) is 19.6. The van der Waals surface area contributed by atoms with Crippen molar-refractivity contribution in [2.24, 2.45) is 5.41 Å². The summed E-state index contributed by atoms with van der Waals surface area (Å²) in [6, 6.07) is 5.41. The Balaban J connectivity index is 1.65. The first kappa shape index (κ1) is 22.8. The van der Waals surface area contributed by atoms with Crippen LogP contribution in [0.1, 0.15) is 66.5 Å². The van der Waals surface area contributed by atoms with Crippen molar-refractivity contribution in [1.29, 1.82) is 0 Å². The molecule has 0 spiro atoms. The highest BCUT2D eigenvalue weighted by molar-refractivity contribution is 7.15. The van der Waals surface area contributed by atoms with Crippen LogP contribution in [0.15, 0.2) is 35.4 Å². The zero-order valence-corrected chi connectivity index (χ0v) is 20.4. The van der Waals surface area contributed by atoms with Crippen LogP contribution in [-0.2, 0) is 6.42 Å². The van der Waals surface area contributed by atoms with E-state index in [4.69, 9.17) is 4.74 Å². The predicted molar refractivity (Wildman–Crippen MR) is 130 cm³/mol. The van der Waals surface area contributed by atoms with Crippen molar-refractivity contribution >= 4 is 17.3 Å². The quantitative estimate of drug-likeness (QED) is 0.516. The highest BCUT2D eigenvalue weighted by Gasteiger charge is 2.35. The number of carboxylic acids is 1. The molecule has 0 amide bonds. The van der Waals surface area contributed by atoms with Crippen LogP contribution in [0, 0.1) is 5.41 Å². The first-order chi connectivity index (χ1) is 16.1. The fourth-order valence-electron chi connectivity index (χ4n) is 4.96. The second-order valence-electron chi connectivity index (χ2n) is 10.3. The molecule has 1 N–H and O–H groups in total. The fraction of sp³-hybridized carbons (Fsp3) is 0.423. The topological polar surface area (TPSA) is 81.4 Å². The maximum Gasteiger partial charge on any atom is 0.341 e. The average molecular weight is 483 g/mol. The van der Waals surface area contributed by atoms with Crippen LogP contribution in [-0.4, -0.2) is 33.9 Å². The Labute approximate surface area is 201 Å². The van der Waals surface area contributed by atoms with Gasteiger partial charge in [0.25, 0.3) is 0 Å². The summed E-state index contributed by atoms with van der Waals surface area (Å²) in [5.74, 6) is -0.385. The molecule has 1 atom stereocenters. The van der Waals surface area contributed by atoms with Crippen LogP contribution in [0.25, 0.3) is 21.7 Å². The van der Waals surface area contributed by atoms with Gasteiger partial charge in [0.1, 0.15) is 17.5 Å². The maximum absolute atomic E-state index is 13.3. The van der Waals surface area contributed by atoms with E-state index in [2.05, 4.69) is 31.8 Å². The molecule has 1 saturated carbocycles. The number of hydrogen-bond donors (Lipinski definition) is 1. The predicted octanol–water partition coefficient (Wildman–Crippen LogP) is 5.70. The number of methoxy groups -OCH3 is 1. The Hall–Kier alpha value is -3.00. The summed E-state index contributed by atoms with van der Waals surface area (Å²) in [5, 5.41) is 10.5. The molecule has 2 aliphatic rings. The van der Waals surface area contributed by atoms with E-state index in [1.165, 1.54) is 12.3 Å². The van der Waals surface area contributed by atoms with Crippen molar-refractivity contribution in [2.45, 2.75) is 58.2 Å². The zero-order chi connectivity index (χ0) is 24.4. The van der Waals surface area contributed by atoms with Crippen molar-refractivity contribution in [3.05, 3.63) is 57.0 Å². The molecule has 0 radical (unpaired) electrons. The number of pyridine rings is 1. The molecule has 1 aliphatic heterocycles. The van der Waals surface area contributed by atoms with Crippen molar-refractivity contribution in [1.82, 2.24) is 9.55 Å². The third-order valence-corrected chi connectivity index (χ3v) is 8.17. The average Bonchev–Trinajstić information content (AvgIpc) is 3.23. The molecule has 1 unspecified atom stereocenters. The molecule has 8 heteroatoms. The van der Waals surface area contributed by atoms with Crippen molar-refractivity contribution in [2.75, 3.05) is 7.11 Å². The molecule has 1 aliphatic carbocycles. The summed E-state index contributed by atoms with van der Waals surface area (Å²) in [4.78, 5) is 29.8. The van der Waals surface area contributed by atoms with Gasteiger partial charge in [0.2, 0.25) is 0 Å². The summed E-state index contributed by atoms with van der Waals surface area (Å²) in [7, 11) is 1.61. The van der Waals surface area contributed by atoms with E-state index < -0.39 is 17.6 Å². The van der Waals surface area contributed by atoms with Crippen LogP contribution < -0.4 is 10.2 Å². The van der Waals surface area contributed by atoms with E-state index in [1.54, 1.807) is 18.4 Å². The summed E-state index contributed by atoms with van der Waals surface area (Å²) < 4.78 is 21.0. The number of carboxylic acid groups (broad SMARTS) is 1. The number of thiazole rings is 1. The van der Waals surface area contributed by atoms with Gasteiger partial charge in [-0.25, -0.2) is 14.2 Å². The first-order valence-electron chi connectivity index (χ1n) is 11.4. The second-order valence-corrected chi connectivity index (χ2v) is 11.3. The molecule has 1 aromatic carbocycles. The lowest BCUT2D eigenvalue weighted by molar-refractivity contribution is 0.0693. The summed E-state index contributed by atoms with van der Waals surface area (Å²) in [6.45, 7) is 6.34. The number of alkyl halides is 1. The van der Waals surface area contributed by atoms with Crippen LogP contribution in [0.2, 0.25) is 0 Å². The number of fused-ring (bicyclic) bond motifs is 3. The molecule has 5 rings (SSSR count). The summed E-state index contributed by atoms with van der Waals surface area (Å²) in [5.41, 5.74) is 2.62. The molecule has 0 saturated heterocycles. The SMILES string of the molecule is COc1cc2c(cc1-c1cnc(C3CC(F)C3)s1)CC(C(C)(C)C)n1cc(C(=O)O)c(=O)cc1-2. The molecular weight excluding hydrogens is 455 g/mol. The third-order valence-electron chi connectivity index (χ3n) is 6.98. The van der Waals surface area contributed by atoms with E-state index in [-0.39, 0.29) is 22.9 Å². The standard InChI is InChI=1S/C26H27FN2O4S/c1-26(2,3)23-8-13-7-17(22-11-28-24(34-22)14-5-15(27)6-14)21(33-4)9-16(13)19-10-20(30)18(25(31)32)12-29(19)23/h7,9-12,14-15,23H,5-6,8H2,1-4H3,(H,31,32). The highest BCUT2D eigenvalue weighted by Crippen LogP contribution is 2.48. The number of aromatic carboxylic acids is 1. The molecule has 0 bridgehead atoms. The Kier molecular flexibility index (Phi) is 5.39. The molecule has 34 heavy (non-hydrogen) atoms. The third kappa shape index (κ3) is 3.74. The van der Waals surface area contributed by atoms with Gasteiger partial charge < -0.3 is 14.4 Å². The van der Waals surface area contributed by atoms with Gasteiger partial charge in [0.05, 0.1) is 22.7 Å². The fourth-order valence-corrected chi connectivity index (χ4v) is 6.02. The van der Waals surface area contributed by atoms with Gasteiger partial charge in [0, 0.05) is 41.5 Å². The van der Waals surface area contributed by atoms with Gasteiger partial charge in [-0.05, 0) is 42.4 Å². The van der Waals surface area contributed by atoms with Gasteiger partial charge in [-0.2, -0.15) is 0 Å². The smallest absolute Gasteiger partial charge is 0.341 e. The van der Waals surface area contributed by atoms with Crippen LogP contribution in [0.3, 0.4) is 0 Å². The molecule has 3 heterocycles. The van der Waals surface area contributed by atoms with E-state index in [0.717, 1.165) is 26.6 Å². The molecule has 1 fully saturated rings. The number of ether oxygens (including phenoxy) is 1. The van der Waals surface area contributed by atoms with Crippen molar-refractivity contribution in [3.63, 3.8) is 0 Å². The molecule has 178 valence electrons. The number of benzene rings is 1. The number of carbonyl (C=O) groups is 1. The van der Waals surface area contributed by atoms with Crippen LogP contribution in [0.5, 0.6) is 5.75 Å². The number of nitrogens with zero attached hydrogens (tertiary/aromatic N) is 2. The summed E-state index contributed by atoms with van der Waals surface area (Å²) >= 11 is 1.57. The van der Waals surface area contributed by atoms with Gasteiger partial charge in [-0.3, -0.25) is 4.79 Å². The van der Waals surface area contributed by atoms with Crippen LogP contribution >= 0.6 is 11.3 Å². The van der Waals surface area contributed by atoms with Crippen LogP contribution in [0.4, 0.5) is 4.39 Å². The minimum absolute atomic E-state index is 0.0385. The Bertz CT molecular complexity index is 1350. The van der Waals surface area contributed by atoms with E-state index >= 15 is 0 Å². The Morgan fingerprint density at radius 2 is 1.97 bits per heavy atom. The number of halogens is 1. The lowest BCUT2D eigenvalue weighted by Gasteiger charge is -2.39. The van der Waals surface area contributed by atoms with Gasteiger partial charge in [-0.1, -0.05) is 20.8 Å². The minimum Gasteiger partial charge on any atom is -0.496 e. The molecule has 2 aromatic heterocycles. The van der Waals surface area contributed by atoms with Crippen molar-refractivity contribution in [3.8, 4) is 27.4 Å². The maximum atomic E-state index is 13.3. The monoisotopic (exact) mass is 482 g/mol. The van der Waals surface area contributed by atoms with Gasteiger partial charge in [-0.15, -0.1) is 11.3 Å². The van der Waals surface area contributed by atoms with E-state index in [9.17, 15) is 19.1 Å². The number of aromatic nitrogens is 2. The normalized spacial score (nSPS) is 21.4. The summed E-state index contributed by atoms with van der Waals surface area (Å²) in [6.07, 6.45) is 4.33. The largest absolute Gasteiger partial charge is 0.496 e. The van der Waals surface area contributed by atoms with Gasteiger partial charge >= 0.3 is 5.97 Å². The highest BCUT2D eigenvalue weighted by atomic mass is 32.1. The molecule has 3 aromatic rings. The lowest BCUT2D eigenvalue weighted by atomic mass is 9.78. The number of hydrogen-bond acceptors (Lipinski definition) is 5. The molecular formula is C26H27FN2O4S. The van der Waals surface area contributed by atoms with Crippen molar-refractivity contribution < 1.29 is 19.0 Å². The molecule has 6 nitrogen and oxygen atoms in total. The Morgan fingerprint density at radius 1 is 1.24 bits per heavy atom. The first-order valence-corrected chi connectivity index (χ1v) is 12.2. The second kappa shape index (κ2) is 8.05. The van der Waals surface area contributed by atoms with Gasteiger partial charge in [0.15, 0.2) is 5.43 Å². The minimum atomic E-state index is -1.22.